The van der Waals surface area contributed by atoms with E-state index in [4.69, 9.17) is 9.47 Å². The molecule has 2 aliphatic heterocycles. The summed E-state index contributed by atoms with van der Waals surface area (Å²) in [5.74, 6) is -8.01. The molecule has 1 aromatic rings. The summed E-state index contributed by atoms with van der Waals surface area (Å²) in [6.07, 6.45) is 1.46. The summed E-state index contributed by atoms with van der Waals surface area (Å²) in [7, 11) is 6.17. The highest BCUT2D eigenvalue weighted by Crippen LogP contribution is 2.46. The largest absolute Gasteiger partial charge is 0.493 e. The normalized spacial score (nSPS) is 18.2. The molecule has 0 unspecified atom stereocenters. The predicted molar refractivity (Wildman–Crippen MR) is 120 cm³/mol. The van der Waals surface area contributed by atoms with Crippen molar-refractivity contribution in [1.29, 1.82) is 0 Å². The van der Waals surface area contributed by atoms with E-state index in [2.05, 4.69) is 6.58 Å². The van der Waals surface area contributed by atoms with Crippen LogP contribution in [0.25, 0.3) is 0 Å². The second-order valence-electron chi connectivity index (χ2n) is 8.11. The fraction of sp³-hybridized carbons (Fsp3) is 0.391. The van der Waals surface area contributed by atoms with Crippen LogP contribution in [0.2, 0.25) is 0 Å². The van der Waals surface area contributed by atoms with Gasteiger partial charge in [0.1, 0.15) is 18.4 Å². The van der Waals surface area contributed by atoms with Crippen LogP contribution in [-0.2, 0) is 19.2 Å². The van der Waals surface area contributed by atoms with Gasteiger partial charge < -0.3 is 9.47 Å². The Hall–Kier alpha value is -4.22. The maximum Gasteiger partial charge on any atom is 0.332 e. The molecule has 2 aliphatic rings. The number of nitrogens with zero attached hydrogens (tertiary/aromatic N) is 4. The first kappa shape index (κ1) is 25.4. The average Bonchev–Trinajstić information content (AvgIpc) is 2.86. The molecule has 8 amide bonds. The molecule has 0 saturated carbocycles. The lowest BCUT2D eigenvalue weighted by Gasteiger charge is -2.42. The second-order valence-corrected chi connectivity index (χ2v) is 8.11. The number of carbonyl (C=O) groups is 6. The highest BCUT2D eigenvalue weighted by Gasteiger charge is 2.56. The zero-order valence-electron chi connectivity index (χ0n) is 20.0. The standard InChI is InChI=1S/C23H26N4O8/c1-7-11-35-17-12(9-8-10-13(17)34-6)14(15-18(28)24(2)22(32)25(3)19(15)29)16-20(30)26(4)23(33)27(5)21(16)31/h7-10,14-16H,1,11H2,2-6H3. The number of methoxy groups -OCH3 is 1. The van der Waals surface area contributed by atoms with E-state index in [1.54, 1.807) is 12.1 Å². The minimum atomic E-state index is -1.64. The molecule has 2 heterocycles. The van der Waals surface area contributed by atoms with Crippen molar-refractivity contribution in [3.05, 3.63) is 36.4 Å². The molecule has 0 bridgehead atoms. The van der Waals surface area contributed by atoms with Crippen LogP contribution in [0, 0.1) is 11.8 Å². The maximum atomic E-state index is 13.3. The van der Waals surface area contributed by atoms with Gasteiger partial charge in [-0.25, -0.2) is 9.59 Å². The summed E-state index contributed by atoms with van der Waals surface area (Å²) in [5, 5.41) is 0. The number of urea groups is 2. The summed E-state index contributed by atoms with van der Waals surface area (Å²) < 4.78 is 11.2. The van der Waals surface area contributed by atoms with Gasteiger partial charge in [0.2, 0.25) is 23.6 Å². The average molecular weight is 486 g/mol. The summed E-state index contributed by atoms with van der Waals surface area (Å²) in [6.45, 7) is 3.62. The Morgan fingerprint density at radius 3 is 1.63 bits per heavy atom. The molecule has 12 nitrogen and oxygen atoms in total. The van der Waals surface area contributed by atoms with Crippen molar-refractivity contribution in [2.75, 3.05) is 41.9 Å². The molecule has 0 N–H and O–H groups in total. The quantitative estimate of drug-likeness (QED) is 0.406. The van der Waals surface area contributed by atoms with Crippen molar-refractivity contribution in [2.24, 2.45) is 11.8 Å². The number of amides is 8. The Bertz CT molecular complexity index is 1030. The fourth-order valence-corrected chi connectivity index (χ4v) is 4.29. The van der Waals surface area contributed by atoms with Crippen LogP contribution in [0.5, 0.6) is 11.5 Å². The van der Waals surface area contributed by atoms with Gasteiger partial charge in [0.05, 0.1) is 7.11 Å². The van der Waals surface area contributed by atoms with Gasteiger partial charge in [-0.3, -0.25) is 38.8 Å². The molecule has 3 rings (SSSR count). The number of carbonyl (C=O) groups excluding carboxylic acids is 6. The summed E-state index contributed by atoms with van der Waals surface area (Å²) in [4.78, 5) is 81.0. The first-order valence-electron chi connectivity index (χ1n) is 10.6. The zero-order chi connectivity index (χ0) is 26.2. The number of benzene rings is 1. The van der Waals surface area contributed by atoms with Crippen molar-refractivity contribution in [1.82, 2.24) is 19.6 Å². The monoisotopic (exact) mass is 486 g/mol. The van der Waals surface area contributed by atoms with Gasteiger partial charge >= 0.3 is 12.1 Å². The highest BCUT2D eigenvalue weighted by molar-refractivity contribution is 6.20. The Balaban J connectivity index is 2.32. The first-order valence-corrected chi connectivity index (χ1v) is 10.6. The smallest absolute Gasteiger partial charge is 0.332 e. The van der Waals surface area contributed by atoms with Crippen LogP contribution in [0.3, 0.4) is 0 Å². The van der Waals surface area contributed by atoms with E-state index in [0.29, 0.717) is 0 Å². The van der Waals surface area contributed by atoms with E-state index in [-0.39, 0.29) is 23.7 Å². The lowest BCUT2D eigenvalue weighted by atomic mass is 9.72. The molecule has 2 fully saturated rings. The predicted octanol–water partition coefficient (Wildman–Crippen LogP) is 0.677. The molecule has 1 aromatic carbocycles. The molecule has 0 spiro atoms. The highest BCUT2D eigenvalue weighted by atomic mass is 16.5. The van der Waals surface area contributed by atoms with Crippen molar-refractivity contribution >= 4 is 35.7 Å². The zero-order valence-corrected chi connectivity index (χ0v) is 20.0. The molecule has 35 heavy (non-hydrogen) atoms. The van der Waals surface area contributed by atoms with Crippen LogP contribution in [0.15, 0.2) is 30.9 Å². The van der Waals surface area contributed by atoms with E-state index >= 15 is 0 Å². The molecular formula is C23H26N4O8. The van der Waals surface area contributed by atoms with Crippen molar-refractivity contribution in [2.45, 2.75) is 5.92 Å². The second kappa shape index (κ2) is 9.57. The summed E-state index contributed by atoms with van der Waals surface area (Å²) in [6, 6.07) is 2.91. The third-order valence-electron chi connectivity index (χ3n) is 6.19. The van der Waals surface area contributed by atoms with Gasteiger partial charge in [-0.1, -0.05) is 24.8 Å². The summed E-state index contributed by atoms with van der Waals surface area (Å²) in [5.41, 5.74) is 0.150. The number of ether oxygens (including phenoxy) is 2. The number of barbiturate groups is 2. The number of hydrogen-bond acceptors (Lipinski definition) is 8. The minimum absolute atomic E-state index is 0.00972. The van der Waals surface area contributed by atoms with E-state index in [1.807, 2.05) is 0 Å². The molecular weight excluding hydrogens is 460 g/mol. The Morgan fingerprint density at radius 2 is 1.26 bits per heavy atom. The lowest BCUT2D eigenvalue weighted by molar-refractivity contribution is -0.154. The molecule has 0 aliphatic carbocycles. The SMILES string of the molecule is C=CCOc1c(OC)cccc1C(C1C(=O)N(C)C(=O)N(C)C1=O)C1C(=O)N(C)C(=O)N(C)C1=O. The third kappa shape index (κ3) is 4.00. The Labute approximate surface area is 201 Å². The topological polar surface area (TPSA) is 134 Å². The van der Waals surface area contributed by atoms with Crippen LogP contribution in [0.1, 0.15) is 11.5 Å². The van der Waals surface area contributed by atoms with Gasteiger partial charge in [0, 0.05) is 39.7 Å². The van der Waals surface area contributed by atoms with Gasteiger partial charge in [0.15, 0.2) is 11.5 Å². The molecule has 186 valence electrons. The first-order chi connectivity index (χ1) is 16.5. The van der Waals surface area contributed by atoms with Crippen LogP contribution in [0.4, 0.5) is 9.59 Å². The number of rotatable bonds is 7. The molecule has 0 radical (unpaired) electrons. The van der Waals surface area contributed by atoms with Crippen LogP contribution >= 0.6 is 0 Å². The number of hydrogen-bond donors (Lipinski definition) is 0. The number of imide groups is 4. The fourth-order valence-electron chi connectivity index (χ4n) is 4.29. The van der Waals surface area contributed by atoms with E-state index in [0.717, 1.165) is 19.6 Å². The van der Waals surface area contributed by atoms with Crippen molar-refractivity contribution < 1.29 is 38.2 Å². The molecule has 0 atom stereocenters. The maximum absolute atomic E-state index is 13.3. The van der Waals surface area contributed by atoms with E-state index < -0.39 is 53.4 Å². The van der Waals surface area contributed by atoms with E-state index in [9.17, 15) is 28.8 Å². The molecule has 2 saturated heterocycles. The lowest BCUT2D eigenvalue weighted by Crippen LogP contribution is -2.63. The number of para-hydroxylation sites is 1. The Kier molecular flexibility index (Phi) is 6.94. The van der Waals surface area contributed by atoms with Crippen LogP contribution in [-0.4, -0.2) is 97.2 Å². The van der Waals surface area contributed by atoms with Gasteiger partial charge in [-0.15, -0.1) is 0 Å². The van der Waals surface area contributed by atoms with Crippen molar-refractivity contribution in [3.8, 4) is 11.5 Å². The molecule has 12 heteroatoms. The van der Waals surface area contributed by atoms with Gasteiger partial charge in [-0.05, 0) is 6.07 Å². The van der Waals surface area contributed by atoms with Crippen LogP contribution < -0.4 is 9.47 Å². The minimum Gasteiger partial charge on any atom is -0.493 e. The molecule has 0 aromatic heterocycles. The Morgan fingerprint density at radius 1 is 0.829 bits per heavy atom. The summed E-state index contributed by atoms with van der Waals surface area (Å²) >= 11 is 0. The van der Waals surface area contributed by atoms with E-state index in [1.165, 1.54) is 47.4 Å². The third-order valence-corrected chi connectivity index (χ3v) is 6.19. The van der Waals surface area contributed by atoms with Gasteiger partial charge in [0.25, 0.3) is 0 Å². The van der Waals surface area contributed by atoms with Gasteiger partial charge in [-0.2, -0.15) is 0 Å². The van der Waals surface area contributed by atoms with Crippen molar-refractivity contribution in [3.63, 3.8) is 0 Å².